The molecular formula is C17H29N3. The van der Waals surface area contributed by atoms with Gasteiger partial charge in [0.2, 0.25) is 0 Å². The quantitative estimate of drug-likeness (QED) is 0.830. The van der Waals surface area contributed by atoms with Crippen LogP contribution in [0, 0.1) is 0 Å². The maximum atomic E-state index is 6.09. The first-order valence-corrected chi connectivity index (χ1v) is 7.99. The summed E-state index contributed by atoms with van der Waals surface area (Å²) in [7, 11) is 2.17. The smallest absolute Gasteiger partial charge is 0.0470 e. The van der Waals surface area contributed by atoms with Gasteiger partial charge in [0, 0.05) is 31.9 Å². The molecule has 1 aliphatic rings. The first kappa shape index (κ1) is 15.3. The van der Waals surface area contributed by atoms with E-state index in [4.69, 9.17) is 5.73 Å². The molecule has 0 saturated heterocycles. The number of anilines is 1. The van der Waals surface area contributed by atoms with Gasteiger partial charge in [-0.1, -0.05) is 26.0 Å². The maximum Gasteiger partial charge on any atom is 0.0470 e. The van der Waals surface area contributed by atoms with E-state index in [1.54, 1.807) is 0 Å². The number of benzene rings is 1. The third kappa shape index (κ3) is 3.15. The van der Waals surface area contributed by atoms with Gasteiger partial charge in [-0.05, 0) is 49.5 Å². The topological polar surface area (TPSA) is 32.5 Å². The Labute approximate surface area is 123 Å². The summed E-state index contributed by atoms with van der Waals surface area (Å²) in [6, 6.07) is 7.30. The Kier molecular flexibility index (Phi) is 5.44. The highest BCUT2D eigenvalue weighted by molar-refractivity contribution is 5.58. The van der Waals surface area contributed by atoms with Gasteiger partial charge in [-0.15, -0.1) is 0 Å². The summed E-state index contributed by atoms with van der Waals surface area (Å²) in [6.45, 7) is 8.59. The van der Waals surface area contributed by atoms with Crippen molar-refractivity contribution in [2.75, 3.05) is 38.1 Å². The lowest BCUT2D eigenvalue weighted by molar-refractivity contribution is 0.202. The summed E-state index contributed by atoms with van der Waals surface area (Å²) >= 11 is 0. The molecule has 0 spiro atoms. The lowest BCUT2D eigenvalue weighted by Gasteiger charge is -2.31. The lowest BCUT2D eigenvalue weighted by atomic mass is 10.0. The molecule has 1 atom stereocenters. The molecule has 1 unspecified atom stereocenters. The summed E-state index contributed by atoms with van der Waals surface area (Å²) < 4.78 is 0. The van der Waals surface area contributed by atoms with Gasteiger partial charge in [-0.25, -0.2) is 0 Å². The Morgan fingerprint density at radius 1 is 1.25 bits per heavy atom. The van der Waals surface area contributed by atoms with Crippen LogP contribution < -0.4 is 10.6 Å². The van der Waals surface area contributed by atoms with Crippen molar-refractivity contribution in [3.05, 3.63) is 29.3 Å². The van der Waals surface area contributed by atoms with Gasteiger partial charge in [-0.2, -0.15) is 0 Å². The van der Waals surface area contributed by atoms with Gasteiger partial charge < -0.3 is 10.6 Å². The number of fused-ring (bicyclic) bond motifs is 1. The zero-order valence-electron chi connectivity index (χ0n) is 13.2. The molecule has 112 valence electrons. The van der Waals surface area contributed by atoms with Crippen LogP contribution in [0.4, 0.5) is 5.69 Å². The van der Waals surface area contributed by atoms with Crippen molar-refractivity contribution < 1.29 is 0 Å². The zero-order valence-corrected chi connectivity index (χ0v) is 13.2. The SMILES string of the molecule is CCCN(CCC)C(CN)c1ccc2c(c1)CCN2C. The highest BCUT2D eigenvalue weighted by Gasteiger charge is 2.21. The van der Waals surface area contributed by atoms with Crippen molar-refractivity contribution in [2.24, 2.45) is 5.73 Å². The molecule has 1 aromatic rings. The van der Waals surface area contributed by atoms with Gasteiger partial charge in [0.15, 0.2) is 0 Å². The second-order valence-electron chi connectivity index (χ2n) is 5.85. The number of hydrogen-bond donors (Lipinski definition) is 1. The Morgan fingerprint density at radius 3 is 2.55 bits per heavy atom. The second kappa shape index (κ2) is 7.09. The summed E-state index contributed by atoms with van der Waals surface area (Å²) in [5.41, 5.74) is 10.4. The minimum atomic E-state index is 0.367. The third-order valence-corrected chi connectivity index (χ3v) is 4.30. The van der Waals surface area contributed by atoms with E-state index in [9.17, 15) is 0 Å². The minimum absolute atomic E-state index is 0.367. The van der Waals surface area contributed by atoms with Crippen molar-refractivity contribution in [2.45, 2.75) is 39.2 Å². The molecule has 2 rings (SSSR count). The molecule has 0 fully saturated rings. The molecule has 0 aliphatic carbocycles. The van der Waals surface area contributed by atoms with Crippen molar-refractivity contribution in [3.8, 4) is 0 Å². The van der Waals surface area contributed by atoms with Crippen molar-refractivity contribution in [3.63, 3.8) is 0 Å². The second-order valence-corrected chi connectivity index (χ2v) is 5.85. The summed E-state index contributed by atoms with van der Waals surface area (Å²) in [5.74, 6) is 0. The Hall–Kier alpha value is -1.06. The largest absolute Gasteiger partial charge is 0.374 e. The molecule has 1 aliphatic heterocycles. The van der Waals surface area contributed by atoms with Crippen molar-refractivity contribution >= 4 is 5.69 Å². The summed E-state index contributed by atoms with van der Waals surface area (Å²) in [5, 5.41) is 0. The molecular weight excluding hydrogens is 246 g/mol. The fourth-order valence-electron chi connectivity index (χ4n) is 3.29. The number of rotatable bonds is 7. The van der Waals surface area contributed by atoms with Gasteiger partial charge in [-0.3, -0.25) is 4.90 Å². The molecule has 0 saturated carbocycles. The third-order valence-electron chi connectivity index (χ3n) is 4.30. The van der Waals surface area contributed by atoms with Crippen molar-refractivity contribution in [1.29, 1.82) is 0 Å². The standard InChI is InChI=1S/C17H29N3/c1-4-9-20(10-5-2)17(13-18)14-6-7-16-15(12-14)8-11-19(16)3/h6-7,12,17H,4-5,8-11,13,18H2,1-3H3. The predicted molar refractivity (Wildman–Crippen MR) is 87.4 cm³/mol. The van der Waals surface area contributed by atoms with E-state index in [0.29, 0.717) is 12.6 Å². The number of nitrogens with two attached hydrogens (primary N) is 1. The monoisotopic (exact) mass is 275 g/mol. The van der Waals surface area contributed by atoms with Gasteiger partial charge >= 0.3 is 0 Å². The predicted octanol–water partition coefficient (Wildman–Crippen LogP) is 2.80. The van der Waals surface area contributed by atoms with Crippen LogP contribution in [0.5, 0.6) is 0 Å². The fraction of sp³-hybridized carbons (Fsp3) is 0.647. The van der Waals surface area contributed by atoms with Crippen LogP contribution in [0.25, 0.3) is 0 Å². The minimum Gasteiger partial charge on any atom is -0.374 e. The lowest BCUT2D eigenvalue weighted by Crippen LogP contribution is -2.35. The first-order valence-electron chi connectivity index (χ1n) is 7.99. The van der Waals surface area contributed by atoms with Crippen LogP contribution in [0.2, 0.25) is 0 Å². The average molecular weight is 275 g/mol. The Bertz CT molecular complexity index is 424. The van der Waals surface area contributed by atoms with Crippen LogP contribution >= 0.6 is 0 Å². The molecule has 3 nitrogen and oxygen atoms in total. The first-order chi connectivity index (χ1) is 9.71. The molecule has 0 amide bonds. The number of nitrogens with zero attached hydrogens (tertiary/aromatic N) is 2. The van der Waals surface area contributed by atoms with Crippen molar-refractivity contribution in [1.82, 2.24) is 4.90 Å². The van der Waals surface area contributed by atoms with E-state index in [1.807, 2.05) is 0 Å². The van der Waals surface area contributed by atoms with E-state index in [1.165, 1.54) is 36.1 Å². The van der Waals surface area contributed by atoms with Crippen LogP contribution in [0.1, 0.15) is 43.9 Å². The molecule has 2 N–H and O–H groups in total. The van der Waals surface area contributed by atoms with E-state index in [2.05, 4.69) is 48.9 Å². The Morgan fingerprint density at radius 2 is 1.95 bits per heavy atom. The molecule has 3 heteroatoms. The molecule has 1 aromatic carbocycles. The Balaban J connectivity index is 2.22. The van der Waals surface area contributed by atoms with Gasteiger partial charge in [0.05, 0.1) is 0 Å². The highest BCUT2D eigenvalue weighted by Crippen LogP contribution is 2.31. The fourth-order valence-corrected chi connectivity index (χ4v) is 3.29. The van der Waals surface area contributed by atoms with Crippen LogP contribution in [-0.2, 0) is 6.42 Å². The van der Waals surface area contributed by atoms with E-state index in [0.717, 1.165) is 19.6 Å². The van der Waals surface area contributed by atoms with E-state index < -0.39 is 0 Å². The van der Waals surface area contributed by atoms with Gasteiger partial charge in [0.25, 0.3) is 0 Å². The molecule has 0 bridgehead atoms. The molecule has 1 heterocycles. The maximum absolute atomic E-state index is 6.09. The average Bonchev–Trinajstić information content (AvgIpc) is 2.81. The van der Waals surface area contributed by atoms with Crippen LogP contribution in [0.15, 0.2) is 18.2 Å². The summed E-state index contributed by atoms with van der Waals surface area (Å²) in [6.07, 6.45) is 3.53. The molecule has 0 radical (unpaired) electrons. The zero-order chi connectivity index (χ0) is 14.5. The van der Waals surface area contributed by atoms with E-state index >= 15 is 0 Å². The van der Waals surface area contributed by atoms with Gasteiger partial charge in [0.1, 0.15) is 0 Å². The normalized spacial score (nSPS) is 15.8. The number of likely N-dealkylation sites (N-methyl/N-ethyl adjacent to an activating group) is 1. The summed E-state index contributed by atoms with van der Waals surface area (Å²) in [4.78, 5) is 4.88. The van der Waals surface area contributed by atoms with Crippen LogP contribution in [-0.4, -0.2) is 38.1 Å². The molecule has 0 aromatic heterocycles. The van der Waals surface area contributed by atoms with Crippen LogP contribution in [0.3, 0.4) is 0 Å². The number of hydrogen-bond acceptors (Lipinski definition) is 3. The van der Waals surface area contributed by atoms with E-state index in [-0.39, 0.29) is 0 Å². The molecule has 20 heavy (non-hydrogen) atoms. The highest BCUT2D eigenvalue weighted by atomic mass is 15.2.